The van der Waals surface area contributed by atoms with Gasteiger partial charge in [-0.15, -0.1) is 0 Å². The van der Waals surface area contributed by atoms with Crippen LogP contribution in [0.2, 0.25) is 0 Å². The number of rotatable bonds is 4. The summed E-state index contributed by atoms with van der Waals surface area (Å²) < 4.78 is 15.0. The van der Waals surface area contributed by atoms with E-state index in [4.69, 9.17) is 21.1 Å². The second-order valence-electron chi connectivity index (χ2n) is 5.14. The van der Waals surface area contributed by atoms with E-state index in [1.54, 1.807) is 0 Å². The van der Waals surface area contributed by atoms with Crippen LogP contribution < -0.4 is 5.49 Å². The highest BCUT2D eigenvalue weighted by Crippen LogP contribution is 2.55. The summed E-state index contributed by atoms with van der Waals surface area (Å²) in [5.41, 5.74) is 2.13. The third-order valence-corrected chi connectivity index (χ3v) is 7.10. The quantitative estimate of drug-likeness (QED) is 0.806. The van der Waals surface area contributed by atoms with E-state index in [2.05, 4.69) is 40.4 Å². The van der Waals surface area contributed by atoms with Crippen molar-refractivity contribution in [1.82, 2.24) is 9.24 Å². The van der Waals surface area contributed by atoms with Gasteiger partial charge in [-0.2, -0.15) is 4.76 Å². The fraction of sp³-hybridized carbons (Fsp3) is 0.312. The molecule has 1 aromatic carbocycles. The Morgan fingerprint density at radius 3 is 2.73 bits per heavy atom. The molecule has 0 bridgehead atoms. The molecule has 22 heavy (non-hydrogen) atoms. The van der Waals surface area contributed by atoms with Crippen LogP contribution in [0.25, 0.3) is 0 Å². The zero-order valence-corrected chi connectivity index (χ0v) is 14.3. The highest BCUT2D eigenvalue weighted by molar-refractivity contribution is 8.10. The lowest BCUT2D eigenvalue weighted by Crippen LogP contribution is -2.22. The minimum atomic E-state index is -2.26. The standard InChI is InChI=1S/C16H20N3OPS/c1-2-19-12-13-20-21(19,22)17-16-10-6-7-11-18(16)14-15-8-4-3-5-9-15/h3-11H,2,12-14H2,1H3/b17-16+. The topological polar surface area (TPSA) is 29.8 Å². The molecule has 0 spiro atoms. The van der Waals surface area contributed by atoms with Crippen LogP contribution in [-0.4, -0.2) is 28.9 Å². The molecule has 6 heteroatoms. The van der Waals surface area contributed by atoms with Crippen LogP contribution in [0.15, 0.2) is 59.5 Å². The summed E-state index contributed by atoms with van der Waals surface area (Å²) in [5, 5.41) is 0. The molecule has 0 radical (unpaired) electrons. The van der Waals surface area contributed by atoms with E-state index in [9.17, 15) is 0 Å². The largest absolute Gasteiger partial charge is 0.329 e. The predicted octanol–water partition coefficient (Wildman–Crippen LogP) is 3.01. The van der Waals surface area contributed by atoms with Gasteiger partial charge in [0.15, 0.2) is 0 Å². The van der Waals surface area contributed by atoms with E-state index in [1.165, 1.54) is 5.56 Å². The molecule has 0 N–H and O–H groups in total. The van der Waals surface area contributed by atoms with E-state index in [-0.39, 0.29) is 0 Å². The molecule has 2 aromatic rings. The smallest absolute Gasteiger partial charge is 0.249 e. The van der Waals surface area contributed by atoms with Crippen LogP contribution in [0.5, 0.6) is 0 Å². The maximum Gasteiger partial charge on any atom is 0.249 e. The Balaban J connectivity index is 1.98. The van der Waals surface area contributed by atoms with Crippen LogP contribution in [0.4, 0.5) is 0 Å². The molecule has 1 atom stereocenters. The Morgan fingerprint density at radius 1 is 1.18 bits per heavy atom. The van der Waals surface area contributed by atoms with E-state index < -0.39 is 6.57 Å². The maximum absolute atomic E-state index is 5.82. The van der Waals surface area contributed by atoms with E-state index >= 15 is 0 Å². The van der Waals surface area contributed by atoms with Gasteiger partial charge in [0.05, 0.1) is 6.61 Å². The van der Waals surface area contributed by atoms with Crippen LogP contribution in [0, 0.1) is 0 Å². The Morgan fingerprint density at radius 2 is 1.95 bits per heavy atom. The Labute approximate surface area is 136 Å². The van der Waals surface area contributed by atoms with Crippen LogP contribution in [-0.2, 0) is 22.9 Å². The minimum Gasteiger partial charge on any atom is -0.329 e. The van der Waals surface area contributed by atoms with Crippen molar-refractivity contribution in [3.8, 4) is 0 Å². The van der Waals surface area contributed by atoms with E-state index in [0.29, 0.717) is 6.61 Å². The van der Waals surface area contributed by atoms with Gasteiger partial charge >= 0.3 is 0 Å². The van der Waals surface area contributed by atoms with Gasteiger partial charge in [-0.05, 0) is 29.5 Å². The molecular formula is C16H20N3OPS. The van der Waals surface area contributed by atoms with Crippen molar-refractivity contribution in [2.24, 2.45) is 4.76 Å². The summed E-state index contributed by atoms with van der Waals surface area (Å²) in [4.78, 5) is 0. The van der Waals surface area contributed by atoms with Gasteiger partial charge in [-0.1, -0.05) is 43.3 Å². The number of hydrogen-bond acceptors (Lipinski definition) is 2. The lowest BCUT2D eigenvalue weighted by Gasteiger charge is -2.20. The number of likely N-dealkylation sites (N-methyl/N-ethyl adjacent to an activating group) is 1. The summed E-state index contributed by atoms with van der Waals surface area (Å²) in [6, 6.07) is 16.4. The Hall–Kier alpha value is -1.26. The predicted molar refractivity (Wildman–Crippen MR) is 93.0 cm³/mol. The minimum absolute atomic E-state index is 0.681. The third kappa shape index (κ3) is 3.39. The molecule has 1 aromatic heterocycles. The molecule has 1 fully saturated rings. The first-order valence-corrected chi connectivity index (χ1v) is 10.1. The summed E-state index contributed by atoms with van der Waals surface area (Å²) in [7, 11) is 0. The Kier molecular flexibility index (Phi) is 4.89. The van der Waals surface area contributed by atoms with Crippen molar-refractivity contribution < 1.29 is 4.52 Å². The molecule has 4 nitrogen and oxygen atoms in total. The molecule has 2 heterocycles. The summed E-state index contributed by atoms with van der Waals surface area (Å²) in [6.07, 6.45) is 2.04. The molecule has 3 rings (SSSR count). The average Bonchev–Trinajstić information content (AvgIpc) is 2.91. The van der Waals surface area contributed by atoms with Gasteiger partial charge in [0, 0.05) is 25.8 Å². The van der Waals surface area contributed by atoms with E-state index in [0.717, 1.165) is 25.1 Å². The first-order valence-electron chi connectivity index (χ1n) is 7.47. The SMILES string of the molecule is CCN1CCOP1(=S)/N=c1\ccccn1Cc1ccccc1. The molecule has 1 unspecified atom stereocenters. The van der Waals surface area contributed by atoms with Crippen LogP contribution in [0.1, 0.15) is 12.5 Å². The Bertz CT molecular complexity index is 744. The molecule has 0 aliphatic carbocycles. The van der Waals surface area contributed by atoms with Crippen molar-refractivity contribution in [2.45, 2.75) is 13.5 Å². The van der Waals surface area contributed by atoms with Crippen LogP contribution in [0.3, 0.4) is 0 Å². The van der Waals surface area contributed by atoms with Gasteiger partial charge in [0.25, 0.3) is 0 Å². The van der Waals surface area contributed by atoms with Crippen molar-refractivity contribution in [3.05, 3.63) is 65.8 Å². The lowest BCUT2D eigenvalue weighted by atomic mass is 10.2. The number of aromatic nitrogens is 1. The number of hydrogen-bond donors (Lipinski definition) is 0. The summed E-state index contributed by atoms with van der Waals surface area (Å²) in [5.74, 6) is 0. The first-order chi connectivity index (χ1) is 10.7. The third-order valence-electron chi connectivity index (χ3n) is 3.67. The fourth-order valence-electron chi connectivity index (χ4n) is 2.50. The van der Waals surface area contributed by atoms with Gasteiger partial charge < -0.3 is 9.09 Å². The fourth-order valence-corrected chi connectivity index (χ4v) is 5.37. The van der Waals surface area contributed by atoms with Gasteiger partial charge in [0.2, 0.25) is 6.57 Å². The van der Waals surface area contributed by atoms with Crippen molar-refractivity contribution in [2.75, 3.05) is 19.7 Å². The summed E-state index contributed by atoms with van der Waals surface area (Å²) in [6.45, 7) is 3.06. The molecule has 1 aliphatic rings. The first kappa shape index (κ1) is 15.6. The number of pyridine rings is 1. The van der Waals surface area contributed by atoms with Gasteiger partial charge in [-0.25, -0.2) is 4.67 Å². The molecule has 1 saturated heterocycles. The van der Waals surface area contributed by atoms with E-state index in [1.807, 2.05) is 30.5 Å². The van der Waals surface area contributed by atoms with Crippen LogP contribution >= 0.6 is 6.57 Å². The van der Waals surface area contributed by atoms with Gasteiger partial charge in [-0.3, -0.25) is 0 Å². The molecule has 0 saturated carbocycles. The molecule has 116 valence electrons. The highest BCUT2D eigenvalue weighted by atomic mass is 32.4. The second kappa shape index (κ2) is 6.88. The average molecular weight is 333 g/mol. The number of nitrogens with zero attached hydrogens (tertiary/aromatic N) is 3. The lowest BCUT2D eigenvalue weighted by molar-refractivity contribution is 0.390. The molecule has 0 amide bonds. The molecule has 1 aliphatic heterocycles. The van der Waals surface area contributed by atoms with Crippen molar-refractivity contribution >= 4 is 18.4 Å². The zero-order valence-electron chi connectivity index (χ0n) is 12.6. The zero-order chi connectivity index (χ0) is 15.4. The summed E-state index contributed by atoms with van der Waals surface area (Å²) >= 11 is 5.73. The van der Waals surface area contributed by atoms with Gasteiger partial charge in [0.1, 0.15) is 5.49 Å². The monoisotopic (exact) mass is 333 g/mol. The normalized spacial score (nSPS) is 23.0. The maximum atomic E-state index is 5.82. The highest BCUT2D eigenvalue weighted by Gasteiger charge is 2.31. The number of benzene rings is 1. The second-order valence-corrected chi connectivity index (χ2v) is 8.57. The van der Waals surface area contributed by atoms with Crippen molar-refractivity contribution in [1.29, 1.82) is 0 Å². The molecular weight excluding hydrogens is 313 g/mol. The van der Waals surface area contributed by atoms with Crippen molar-refractivity contribution in [3.63, 3.8) is 0 Å².